The van der Waals surface area contributed by atoms with Crippen LogP contribution in [-0.2, 0) is 12.6 Å². The van der Waals surface area contributed by atoms with E-state index in [-0.39, 0.29) is 0 Å². The van der Waals surface area contributed by atoms with Crippen molar-refractivity contribution >= 4 is 0 Å². The number of hydrogen-bond acceptors (Lipinski definition) is 0. The molecule has 0 bridgehead atoms. The van der Waals surface area contributed by atoms with Gasteiger partial charge in [0.15, 0.2) is 0 Å². The van der Waals surface area contributed by atoms with Crippen molar-refractivity contribution in [2.45, 2.75) is 39.3 Å². The second-order valence-corrected chi connectivity index (χ2v) is 5.46. The van der Waals surface area contributed by atoms with E-state index in [4.69, 9.17) is 0 Å². The maximum atomic E-state index is 12.6. The first-order valence-corrected chi connectivity index (χ1v) is 7.14. The maximum Gasteiger partial charge on any atom is 0.416 e. The fourth-order valence-electron chi connectivity index (χ4n) is 2.69. The van der Waals surface area contributed by atoms with E-state index < -0.39 is 11.7 Å². The van der Waals surface area contributed by atoms with Gasteiger partial charge < -0.3 is 0 Å². The van der Waals surface area contributed by atoms with E-state index in [1.807, 2.05) is 12.1 Å². The normalized spacial score (nSPS) is 12.0. The molecule has 2 rings (SSSR count). The van der Waals surface area contributed by atoms with Gasteiger partial charge in [0, 0.05) is 0 Å². The van der Waals surface area contributed by atoms with Crippen LogP contribution in [0, 0.1) is 0 Å². The second kappa shape index (κ2) is 5.92. The number of rotatable bonds is 3. The van der Waals surface area contributed by atoms with Crippen molar-refractivity contribution in [3.05, 3.63) is 59.2 Å². The van der Waals surface area contributed by atoms with Crippen LogP contribution in [0.4, 0.5) is 13.2 Å². The maximum absolute atomic E-state index is 12.6. The molecule has 0 atom stereocenters. The average molecular weight is 292 g/mol. The zero-order chi connectivity index (χ0) is 15.6. The Balaban J connectivity index is 2.52. The Kier molecular flexibility index (Phi) is 4.40. The van der Waals surface area contributed by atoms with E-state index in [2.05, 4.69) is 26.8 Å². The zero-order valence-electron chi connectivity index (χ0n) is 12.5. The molecular formula is C18H19F3. The largest absolute Gasteiger partial charge is 0.416 e. The molecule has 3 heteroatoms. The van der Waals surface area contributed by atoms with Crippen molar-refractivity contribution in [2.24, 2.45) is 0 Å². The Morgan fingerprint density at radius 2 is 1.57 bits per heavy atom. The lowest BCUT2D eigenvalue weighted by Crippen LogP contribution is -2.04. The highest BCUT2D eigenvalue weighted by atomic mass is 19.4. The summed E-state index contributed by atoms with van der Waals surface area (Å²) >= 11 is 0. The van der Waals surface area contributed by atoms with E-state index in [9.17, 15) is 13.2 Å². The summed E-state index contributed by atoms with van der Waals surface area (Å²) in [6.45, 7) is 6.32. The van der Waals surface area contributed by atoms with Crippen LogP contribution >= 0.6 is 0 Å². The minimum absolute atomic E-state index is 0.332. The number of hydrogen-bond donors (Lipinski definition) is 0. The molecule has 2 aromatic carbocycles. The van der Waals surface area contributed by atoms with Crippen LogP contribution in [-0.4, -0.2) is 0 Å². The van der Waals surface area contributed by atoms with Crippen LogP contribution in [0.5, 0.6) is 0 Å². The van der Waals surface area contributed by atoms with Gasteiger partial charge in [-0.25, -0.2) is 0 Å². The molecule has 0 amide bonds. The lowest BCUT2D eigenvalue weighted by Gasteiger charge is -2.18. The summed E-state index contributed by atoms with van der Waals surface area (Å²) in [7, 11) is 0. The smallest absolute Gasteiger partial charge is 0.166 e. The Bertz CT molecular complexity index is 607. The quantitative estimate of drug-likeness (QED) is 0.645. The molecule has 0 N–H and O–H groups in total. The molecule has 0 saturated heterocycles. The van der Waals surface area contributed by atoms with Crippen LogP contribution in [0.25, 0.3) is 11.1 Å². The van der Waals surface area contributed by atoms with Gasteiger partial charge in [0.25, 0.3) is 0 Å². The van der Waals surface area contributed by atoms with Gasteiger partial charge in [0.05, 0.1) is 5.56 Å². The van der Waals surface area contributed by atoms with Crippen LogP contribution in [0.2, 0.25) is 0 Å². The monoisotopic (exact) mass is 292 g/mol. The molecule has 0 saturated carbocycles. The van der Waals surface area contributed by atoms with Crippen molar-refractivity contribution in [2.75, 3.05) is 0 Å². The van der Waals surface area contributed by atoms with Crippen molar-refractivity contribution in [1.82, 2.24) is 0 Å². The third-order valence-electron chi connectivity index (χ3n) is 3.68. The van der Waals surface area contributed by atoms with Crippen molar-refractivity contribution in [3.8, 4) is 11.1 Å². The first kappa shape index (κ1) is 15.6. The first-order chi connectivity index (χ1) is 9.84. The third kappa shape index (κ3) is 3.29. The predicted molar refractivity (Wildman–Crippen MR) is 80.3 cm³/mol. The summed E-state index contributed by atoms with van der Waals surface area (Å²) < 4.78 is 37.9. The first-order valence-electron chi connectivity index (χ1n) is 7.14. The highest BCUT2D eigenvalue weighted by Crippen LogP contribution is 2.35. The van der Waals surface area contributed by atoms with Gasteiger partial charge in [-0.05, 0) is 46.7 Å². The minimum Gasteiger partial charge on any atom is -0.166 e. The fourth-order valence-corrected chi connectivity index (χ4v) is 2.69. The molecule has 2 aromatic rings. The topological polar surface area (TPSA) is 0 Å². The Hall–Kier alpha value is -1.77. The van der Waals surface area contributed by atoms with Crippen LogP contribution in [0.1, 0.15) is 43.4 Å². The van der Waals surface area contributed by atoms with Crippen LogP contribution in [0.3, 0.4) is 0 Å². The van der Waals surface area contributed by atoms with Gasteiger partial charge in [-0.2, -0.15) is 13.2 Å². The summed E-state index contributed by atoms with van der Waals surface area (Å²) in [5.74, 6) is 0.332. The number of alkyl halides is 3. The molecule has 0 aliphatic rings. The molecule has 0 heterocycles. The van der Waals surface area contributed by atoms with Gasteiger partial charge >= 0.3 is 6.18 Å². The van der Waals surface area contributed by atoms with Crippen molar-refractivity contribution in [3.63, 3.8) is 0 Å². The van der Waals surface area contributed by atoms with Gasteiger partial charge in [0.2, 0.25) is 0 Å². The molecule has 0 aliphatic heterocycles. The summed E-state index contributed by atoms with van der Waals surface area (Å²) in [4.78, 5) is 0. The van der Waals surface area contributed by atoms with Crippen molar-refractivity contribution in [1.29, 1.82) is 0 Å². The number of halogens is 3. The number of aryl methyl sites for hydroxylation is 1. The molecule has 112 valence electrons. The van der Waals surface area contributed by atoms with Gasteiger partial charge in [0.1, 0.15) is 0 Å². The van der Waals surface area contributed by atoms with Gasteiger partial charge in [-0.3, -0.25) is 0 Å². The van der Waals surface area contributed by atoms with Gasteiger partial charge in [-0.1, -0.05) is 51.1 Å². The minimum atomic E-state index is -4.29. The van der Waals surface area contributed by atoms with E-state index in [0.717, 1.165) is 29.7 Å². The van der Waals surface area contributed by atoms with Crippen LogP contribution < -0.4 is 0 Å². The fraction of sp³-hybridized carbons (Fsp3) is 0.333. The molecule has 0 unspecified atom stereocenters. The lowest BCUT2D eigenvalue weighted by atomic mass is 9.87. The molecule has 0 fully saturated rings. The van der Waals surface area contributed by atoms with E-state index in [0.29, 0.717) is 5.92 Å². The molecule has 21 heavy (non-hydrogen) atoms. The number of benzene rings is 2. The molecular weight excluding hydrogens is 273 g/mol. The molecule has 0 radical (unpaired) electrons. The summed E-state index contributed by atoms with van der Waals surface area (Å²) in [6.07, 6.45) is -3.37. The third-order valence-corrected chi connectivity index (χ3v) is 3.68. The summed E-state index contributed by atoms with van der Waals surface area (Å²) in [6, 6.07) is 11.5. The Morgan fingerprint density at radius 3 is 2.05 bits per heavy atom. The predicted octanol–water partition coefficient (Wildman–Crippen LogP) is 6.06. The zero-order valence-corrected chi connectivity index (χ0v) is 12.5. The molecule has 0 aromatic heterocycles. The second-order valence-electron chi connectivity index (χ2n) is 5.46. The highest BCUT2D eigenvalue weighted by Gasteiger charge is 2.30. The Morgan fingerprint density at radius 1 is 0.952 bits per heavy atom. The average Bonchev–Trinajstić information content (AvgIpc) is 2.45. The summed E-state index contributed by atoms with van der Waals surface area (Å²) in [5.41, 5.74) is 3.73. The highest BCUT2D eigenvalue weighted by molar-refractivity contribution is 5.70. The molecule has 0 aliphatic carbocycles. The lowest BCUT2D eigenvalue weighted by molar-refractivity contribution is -0.137. The van der Waals surface area contributed by atoms with E-state index >= 15 is 0 Å². The van der Waals surface area contributed by atoms with E-state index in [1.54, 1.807) is 12.1 Å². The SMILES string of the molecule is CCc1cccc(-c2ccc(C(F)(F)F)cc2)c1C(C)C. The Labute approximate surface area is 123 Å². The van der Waals surface area contributed by atoms with Crippen molar-refractivity contribution < 1.29 is 13.2 Å². The summed E-state index contributed by atoms with van der Waals surface area (Å²) in [5, 5.41) is 0. The molecule has 0 nitrogen and oxygen atoms in total. The standard InChI is InChI=1S/C18H19F3/c1-4-13-6-5-7-16(17(13)12(2)3)14-8-10-15(11-9-14)18(19,20)21/h5-12H,4H2,1-3H3. The van der Waals surface area contributed by atoms with Gasteiger partial charge in [-0.15, -0.1) is 0 Å². The van der Waals surface area contributed by atoms with Crippen LogP contribution in [0.15, 0.2) is 42.5 Å². The van der Waals surface area contributed by atoms with E-state index in [1.165, 1.54) is 11.1 Å². The molecule has 0 spiro atoms.